The average Bonchev–Trinajstić information content (AvgIpc) is 2.67. The lowest BCUT2D eigenvalue weighted by Gasteiger charge is -2.12. The molecule has 0 aromatic carbocycles. The van der Waals surface area contributed by atoms with Gasteiger partial charge in [0.25, 0.3) is 5.91 Å². The molecule has 1 aliphatic rings. The van der Waals surface area contributed by atoms with Gasteiger partial charge in [0.1, 0.15) is 0 Å². The third-order valence-corrected chi connectivity index (χ3v) is 3.72. The molecule has 0 N–H and O–H groups in total. The largest absolute Gasteiger partial charge is 0.331 e. The van der Waals surface area contributed by atoms with E-state index >= 15 is 0 Å². The van der Waals surface area contributed by atoms with E-state index < -0.39 is 0 Å². The monoisotopic (exact) mass is 273 g/mol. The number of halogens is 1. The zero-order valence-electron chi connectivity index (χ0n) is 7.33. The highest BCUT2D eigenvalue weighted by Gasteiger charge is 2.29. The Bertz CT molecular complexity index is 388. The van der Waals surface area contributed by atoms with Gasteiger partial charge in [0.15, 0.2) is 0 Å². The summed E-state index contributed by atoms with van der Waals surface area (Å²) in [5.74, 6) is -0.602. The predicted molar refractivity (Wildman–Crippen MR) is 57.1 cm³/mol. The molecule has 1 fully saturated rings. The number of carbonyl (C=O) groups is 2. The normalized spacial score (nSPS) is 16.8. The van der Waals surface area contributed by atoms with Crippen molar-refractivity contribution in [2.24, 2.45) is 0 Å². The Kier molecular flexibility index (Phi) is 2.69. The van der Waals surface area contributed by atoms with Crippen LogP contribution >= 0.6 is 27.3 Å². The zero-order valence-corrected chi connectivity index (χ0v) is 9.73. The third kappa shape index (κ3) is 1.88. The van der Waals surface area contributed by atoms with Gasteiger partial charge in [-0.3, -0.25) is 9.59 Å². The molecule has 74 valence electrons. The fraction of sp³-hybridized carbons (Fsp3) is 0.333. The number of likely N-dealkylation sites (tertiary alicyclic amines) is 1. The van der Waals surface area contributed by atoms with Gasteiger partial charge in [-0.25, -0.2) is 0 Å². The van der Waals surface area contributed by atoms with Gasteiger partial charge < -0.3 is 4.90 Å². The van der Waals surface area contributed by atoms with Gasteiger partial charge in [-0.15, -0.1) is 11.3 Å². The minimum Gasteiger partial charge on any atom is -0.331 e. The summed E-state index contributed by atoms with van der Waals surface area (Å²) < 4.78 is 1.05. The summed E-state index contributed by atoms with van der Waals surface area (Å²) >= 11 is 4.95. The Hall–Kier alpha value is -0.680. The lowest BCUT2D eigenvalue weighted by molar-refractivity contribution is -0.140. The number of hydrogen-bond donors (Lipinski definition) is 0. The van der Waals surface area contributed by atoms with Gasteiger partial charge >= 0.3 is 0 Å². The third-order valence-electron chi connectivity index (χ3n) is 2.11. The number of hydrogen-bond acceptors (Lipinski definition) is 3. The molecule has 0 spiro atoms. The van der Waals surface area contributed by atoms with Crippen LogP contribution in [0.25, 0.3) is 0 Å². The molecule has 3 nitrogen and oxygen atoms in total. The molecule has 5 heteroatoms. The van der Waals surface area contributed by atoms with E-state index in [0.717, 1.165) is 8.66 Å². The van der Waals surface area contributed by atoms with Crippen molar-refractivity contribution in [1.82, 2.24) is 4.90 Å². The Morgan fingerprint density at radius 1 is 1.43 bits per heavy atom. The van der Waals surface area contributed by atoms with Gasteiger partial charge in [0.05, 0.1) is 10.3 Å². The Labute approximate surface area is 93.8 Å². The van der Waals surface area contributed by atoms with E-state index in [1.54, 1.807) is 16.2 Å². The topological polar surface area (TPSA) is 37.4 Å². The summed E-state index contributed by atoms with van der Waals surface area (Å²) in [6, 6.07) is 3.91. The molecule has 0 saturated carbocycles. The van der Waals surface area contributed by atoms with Crippen LogP contribution in [0.15, 0.2) is 15.9 Å². The first kappa shape index (κ1) is 9.86. The van der Waals surface area contributed by atoms with Crippen LogP contribution in [0.5, 0.6) is 0 Å². The van der Waals surface area contributed by atoms with Crippen LogP contribution in [0.1, 0.15) is 11.3 Å². The zero-order chi connectivity index (χ0) is 10.1. The summed E-state index contributed by atoms with van der Waals surface area (Å²) in [6.07, 6.45) is 0.366. The van der Waals surface area contributed by atoms with Crippen molar-refractivity contribution in [3.8, 4) is 0 Å². The summed E-state index contributed by atoms with van der Waals surface area (Å²) in [6.45, 7) is 1.12. The van der Waals surface area contributed by atoms with Crippen molar-refractivity contribution in [3.05, 3.63) is 20.8 Å². The molecule has 14 heavy (non-hydrogen) atoms. The lowest BCUT2D eigenvalue weighted by atomic mass is 10.3. The minimum absolute atomic E-state index is 0.263. The molecule has 0 unspecified atom stereocenters. The first-order valence-electron chi connectivity index (χ1n) is 4.23. The second-order valence-electron chi connectivity index (χ2n) is 3.11. The van der Waals surface area contributed by atoms with Crippen molar-refractivity contribution in [3.63, 3.8) is 0 Å². The number of rotatable bonds is 2. The molecule has 0 radical (unpaired) electrons. The van der Waals surface area contributed by atoms with Gasteiger partial charge in [0, 0.05) is 17.8 Å². The average molecular weight is 274 g/mol. The summed E-state index contributed by atoms with van der Waals surface area (Å²) in [4.78, 5) is 25.0. The van der Waals surface area contributed by atoms with Gasteiger partial charge in [-0.05, 0) is 28.1 Å². The summed E-state index contributed by atoms with van der Waals surface area (Å²) in [5.41, 5.74) is 0. The Morgan fingerprint density at radius 2 is 2.21 bits per heavy atom. The first-order chi connectivity index (χ1) is 6.66. The fourth-order valence-electron chi connectivity index (χ4n) is 1.40. The highest BCUT2D eigenvalue weighted by Crippen LogP contribution is 2.24. The smallest absolute Gasteiger partial charge is 0.290 e. The van der Waals surface area contributed by atoms with E-state index in [1.165, 1.54) is 0 Å². The molecule has 1 saturated heterocycles. The SMILES string of the molecule is O=C1CCN(Cc2ccc(Br)s2)C1=O. The second-order valence-corrected chi connectivity index (χ2v) is 5.65. The molecule has 1 amide bonds. The number of carbonyl (C=O) groups excluding carboxylic acids is 2. The van der Waals surface area contributed by atoms with Crippen LogP contribution in [0.3, 0.4) is 0 Å². The van der Waals surface area contributed by atoms with Gasteiger partial charge in [-0.2, -0.15) is 0 Å². The second kappa shape index (κ2) is 3.82. The van der Waals surface area contributed by atoms with E-state index in [2.05, 4.69) is 15.9 Å². The maximum absolute atomic E-state index is 11.3. The van der Waals surface area contributed by atoms with Crippen molar-refractivity contribution in [1.29, 1.82) is 0 Å². The Morgan fingerprint density at radius 3 is 2.71 bits per heavy atom. The highest BCUT2D eigenvalue weighted by atomic mass is 79.9. The highest BCUT2D eigenvalue weighted by molar-refractivity contribution is 9.11. The summed E-state index contributed by atoms with van der Waals surface area (Å²) in [5, 5.41) is 0. The van der Waals surface area contributed by atoms with E-state index in [-0.39, 0.29) is 11.7 Å². The number of amides is 1. The van der Waals surface area contributed by atoms with E-state index in [9.17, 15) is 9.59 Å². The molecule has 2 rings (SSSR count). The van der Waals surface area contributed by atoms with E-state index in [1.807, 2.05) is 12.1 Å². The molecule has 2 heterocycles. The van der Waals surface area contributed by atoms with Crippen molar-refractivity contribution in [2.45, 2.75) is 13.0 Å². The predicted octanol–water partition coefficient (Wildman–Crippen LogP) is 1.81. The van der Waals surface area contributed by atoms with E-state index in [0.29, 0.717) is 19.5 Å². The van der Waals surface area contributed by atoms with Crippen molar-refractivity contribution < 1.29 is 9.59 Å². The number of nitrogens with zero attached hydrogens (tertiary/aromatic N) is 1. The fourth-order valence-corrected chi connectivity index (χ4v) is 2.90. The molecule has 1 aromatic heterocycles. The molecular formula is C9H8BrNO2S. The van der Waals surface area contributed by atoms with Crippen LogP contribution in [0, 0.1) is 0 Å². The first-order valence-corrected chi connectivity index (χ1v) is 5.84. The van der Waals surface area contributed by atoms with Crippen LogP contribution in [0.4, 0.5) is 0 Å². The molecule has 0 atom stereocenters. The Balaban J connectivity index is 2.05. The number of ketones is 1. The quantitative estimate of drug-likeness (QED) is 0.771. The van der Waals surface area contributed by atoms with Crippen molar-refractivity contribution >= 4 is 39.0 Å². The molecular weight excluding hydrogens is 266 g/mol. The molecule has 1 aliphatic heterocycles. The van der Waals surface area contributed by atoms with Crippen LogP contribution in [-0.2, 0) is 16.1 Å². The van der Waals surface area contributed by atoms with Crippen LogP contribution in [0.2, 0.25) is 0 Å². The van der Waals surface area contributed by atoms with Crippen LogP contribution in [-0.4, -0.2) is 23.1 Å². The summed E-state index contributed by atoms with van der Waals surface area (Å²) in [7, 11) is 0. The lowest BCUT2D eigenvalue weighted by Crippen LogP contribution is -2.26. The van der Waals surface area contributed by atoms with Crippen molar-refractivity contribution in [2.75, 3.05) is 6.54 Å². The standard InChI is InChI=1S/C9H8BrNO2S/c10-8-2-1-6(14-8)5-11-4-3-7(12)9(11)13/h1-2H,3-5H2. The molecule has 0 aliphatic carbocycles. The van der Waals surface area contributed by atoms with Gasteiger partial charge in [-0.1, -0.05) is 0 Å². The van der Waals surface area contributed by atoms with Gasteiger partial charge in [0.2, 0.25) is 5.78 Å². The van der Waals surface area contributed by atoms with E-state index in [4.69, 9.17) is 0 Å². The number of Topliss-reactive ketones (excluding diaryl/α,β-unsaturated/α-hetero) is 1. The maximum atomic E-state index is 11.3. The molecule has 1 aromatic rings. The molecule has 0 bridgehead atoms. The minimum atomic E-state index is -0.338. The number of thiophene rings is 1. The maximum Gasteiger partial charge on any atom is 0.290 e. The van der Waals surface area contributed by atoms with Crippen LogP contribution < -0.4 is 0 Å².